The van der Waals surface area contributed by atoms with E-state index in [1.165, 1.54) is 0 Å². The highest BCUT2D eigenvalue weighted by Crippen LogP contribution is 2.23. The number of nitrogens with one attached hydrogen (secondary N) is 2. The highest BCUT2D eigenvalue weighted by Gasteiger charge is 2.33. The number of nitrogens with zero attached hydrogens (tertiary/aromatic N) is 1. The van der Waals surface area contributed by atoms with Crippen LogP contribution < -0.4 is 10.6 Å². The summed E-state index contributed by atoms with van der Waals surface area (Å²) in [6, 6.07) is 5.13. The van der Waals surface area contributed by atoms with Crippen LogP contribution in [0.1, 0.15) is 22.8 Å². The van der Waals surface area contributed by atoms with Crippen LogP contribution in [0.25, 0.3) is 0 Å². The van der Waals surface area contributed by atoms with E-state index in [2.05, 4.69) is 26.6 Å². The smallest absolute Gasteiger partial charge is 0.255 e. The fraction of sp³-hybridized carbons (Fsp3) is 0.467. The van der Waals surface area contributed by atoms with Gasteiger partial charge in [0, 0.05) is 30.7 Å². The van der Waals surface area contributed by atoms with Gasteiger partial charge in [-0.25, -0.2) is 0 Å². The number of hydrogen-bond donors (Lipinski definition) is 2. The van der Waals surface area contributed by atoms with Crippen molar-refractivity contribution in [1.29, 1.82) is 0 Å². The molecule has 1 unspecified atom stereocenters. The zero-order chi connectivity index (χ0) is 15.4. The Morgan fingerprint density at radius 1 is 1.48 bits per heavy atom. The zero-order valence-corrected chi connectivity index (χ0v) is 13.9. The Kier molecular flexibility index (Phi) is 5.36. The lowest BCUT2D eigenvalue weighted by Gasteiger charge is -2.35. The second kappa shape index (κ2) is 7.04. The summed E-state index contributed by atoms with van der Waals surface area (Å²) in [6.07, 6.45) is 0. The van der Waals surface area contributed by atoms with Crippen LogP contribution in [0.4, 0.5) is 0 Å². The maximum Gasteiger partial charge on any atom is 0.255 e. The van der Waals surface area contributed by atoms with E-state index in [9.17, 15) is 9.59 Å². The number of piperazine rings is 1. The Labute approximate surface area is 133 Å². The monoisotopic (exact) mass is 353 g/mol. The molecule has 6 heteroatoms. The zero-order valence-electron chi connectivity index (χ0n) is 12.3. The van der Waals surface area contributed by atoms with E-state index in [4.69, 9.17) is 0 Å². The highest BCUT2D eigenvalue weighted by atomic mass is 79.9. The molecular formula is C15H20BrN3O2. The summed E-state index contributed by atoms with van der Waals surface area (Å²) >= 11 is 3.47. The van der Waals surface area contributed by atoms with Gasteiger partial charge in [0.05, 0.1) is 5.56 Å². The van der Waals surface area contributed by atoms with Gasteiger partial charge < -0.3 is 15.5 Å². The highest BCUT2D eigenvalue weighted by molar-refractivity contribution is 9.10. The lowest BCUT2D eigenvalue weighted by atomic mass is 10.1. The first-order valence-corrected chi connectivity index (χ1v) is 7.90. The molecule has 114 valence electrons. The van der Waals surface area contributed by atoms with Crippen LogP contribution in [0.2, 0.25) is 0 Å². The van der Waals surface area contributed by atoms with Crippen LogP contribution in [-0.2, 0) is 4.79 Å². The van der Waals surface area contributed by atoms with E-state index in [1.54, 1.807) is 11.0 Å². The van der Waals surface area contributed by atoms with Gasteiger partial charge in [0.2, 0.25) is 5.91 Å². The first-order chi connectivity index (χ1) is 10.1. The maximum atomic E-state index is 12.8. The summed E-state index contributed by atoms with van der Waals surface area (Å²) in [5.41, 5.74) is 1.61. The van der Waals surface area contributed by atoms with Crippen molar-refractivity contribution in [2.75, 3.05) is 26.2 Å². The number of carbonyl (C=O) groups is 2. The van der Waals surface area contributed by atoms with Crippen LogP contribution in [0.5, 0.6) is 0 Å². The Hall–Kier alpha value is -1.40. The number of halogens is 1. The van der Waals surface area contributed by atoms with E-state index in [-0.39, 0.29) is 11.8 Å². The molecule has 1 fully saturated rings. The SMILES string of the molecule is CCNC(=O)C1CNCCN1C(=O)c1cccc(C)c1Br. The summed E-state index contributed by atoms with van der Waals surface area (Å²) in [6.45, 7) is 6.09. The fourth-order valence-electron chi connectivity index (χ4n) is 2.44. The quantitative estimate of drug-likeness (QED) is 0.861. The predicted molar refractivity (Wildman–Crippen MR) is 85.3 cm³/mol. The molecule has 21 heavy (non-hydrogen) atoms. The van der Waals surface area contributed by atoms with Crippen LogP contribution in [-0.4, -0.2) is 48.9 Å². The van der Waals surface area contributed by atoms with Crippen molar-refractivity contribution < 1.29 is 9.59 Å². The van der Waals surface area contributed by atoms with E-state index in [0.717, 1.165) is 10.0 Å². The van der Waals surface area contributed by atoms with Gasteiger partial charge in [-0.15, -0.1) is 0 Å². The topological polar surface area (TPSA) is 61.4 Å². The Balaban J connectivity index is 2.26. The number of carbonyl (C=O) groups excluding carboxylic acids is 2. The Morgan fingerprint density at radius 3 is 2.95 bits per heavy atom. The van der Waals surface area contributed by atoms with Gasteiger partial charge in [-0.3, -0.25) is 9.59 Å². The minimum absolute atomic E-state index is 0.108. The summed E-state index contributed by atoms with van der Waals surface area (Å²) in [4.78, 5) is 26.6. The van der Waals surface area contributed by atoms with Gasteiger partial charge in [-0.1, -0.05) is 12.1 Å². The minimum atomic E-state index is -0.460. The van der Waals surface area contributed by atoms with Crippen molar-refractivity contribution in [3.05, 3.63) is 33.8 Å². The summed E-state index contributed by atoms with van der Waals surface area (Å²) in [5, 5.41) is 5.96. The number of benzene rings is 1. The standard InChI is InChI=1S/C15H20BrN3O2/c1-3-18-14(20)12-9-17-7-8-19(12)15(21)11-6-4-5-10(2)13(11)16/h4-6,12,17H,3,7-9H2,1-2H3,(H,18,20). The van der Waals surface area contributed by atoms with Crippen LogP contribution in [0.3, 0.4) is 0 Å². The first-order valence-electron chi connectivity index (χ1n) is 7.10. The van der Waals surface area contributed by atoms with Crippen molar-refractivity contribution in [1.82, 2.24) is 15.5 Å². The molecular weight excluding hydrogens is 334 g/mol. The molecule has 1 aromatic rings. The van der Waals surface area contributed by atoms with Crippen LogP contribution in [0, 0.1) is 6.92 Å². The summed E-state index contributed by atoms with van der Waals surface area (Å²) < 4.78 is 0.795. The molecule has 1 atom stereocenters. The lowest BCUT2D eigenvalue weighted by Crippen LogP contribution is -2.59. The number of likely N-dealkylation sites (N-methyl/N-ethyl adjacent to an activating group) is 1. The largest absolute Gasteiger partial charge is 0.355 e. The molecule has 0 saturated carbocycles. The second-order valence-corrected chi connectivity index (χ2v) is 5.84. The molecule has 1 saturated heterocycles. The predicted octanol–water partition coefficient (Wildman–Crippen LogP) is 1.31. The first kappa shape index (κ1) is 16.0. The number of hydrogen-bond acceptors (Lipinski definition) is 3. The maximum absolute atomic E-state index is 12.8. The molecule has 5 nitrogen and oxygen atoms in total. The third-order valence-corrected chi connectivity index (χ3v) is 4.63. The average molecular weight is 354 g/mol. The van der Waals surface area contributed by atoms with E-state index in [0.29, 0.717) is 31.7 Å². The molecule has 0 aliphatic carbocycles. The normalized spacial score (nSPS) is 18.4. The molecule has 1 aliphatic rings. The van der Waals surface area contributed by atoms with Crippen molar-refractivity contribution in [2.24, 2.45) is 0 Å². The Bertz CT molecular complexity index is 548. The molecule has 0 aromatic heterocycles. The fourth-order valence-corrected chi connectivity index (χ4v) is 2.87. The van der Waals surface area contributed by atoms with Gasteiger partial charge in [0.25, 0.3) is 5.91 Å². The van der Waals surface area contributed by atoms with Crippen molar-refractivity contribution >= 4 is 27.7 Å². The molecule has 1 aromatic carbocycles. The van der Waals surface area contributed by atoms with Gasteiger partial charge in [0.15, 0.2) is 0 Å². The third-order valence-electron chi connectivity index (χ3n) is 3.58. The van der Waals surface area contributed by atoms with Crippen molar-refractivity contribution in [2.45, 2.75) is 19.9 Å². The van der Waals surface area contributed by atoms with Gasteiger partial charge in [-0.05, 0) is 41.4 Å². The molecule has 0 radical (unpaired) electrons. The lowest BCUT2D eigenvalue weighted by molar-refractivity contribution is -0.126. The van der Waals surface area contributed by atoms with Gasteiger partial charge in [-0.2, -0.15) is 0 Å². The number of amides is 2. The molecule has 0 bridgehead atoms. The second-order valence-electron chi connectivity index (χ2n) is 5.05. The van der Waals surface area contributed by atoms with Gasteiger partial charge >= 0.3 is 0 Å². The van der Waals surface area contributed by atoms with Gasteiger partial charge in [0.1, 0.15) is 6.04 Å². The molecule has 2 N–H and O–H groups in total. The average Bonchev–Trinajstić information content (AvgIpc) is 2.49. The number of aryl methyl sites for hydroxylation is 1. The van der Waals surface area contributed by atoms with E-state index < -0.39 is 6.04 Å². The van der Waals surface area contributed by atoms with E-state index >= 15 is 0 Å². The Morgan fingerprint density at radius 2 is 2.24 bits per heavy atom. The minimum Gasteiger partial charge on any atom is -0.355 e. The molecule has 1 heterocycles. The summed E-state index contributed by atoms with van der Waals surface area (Å²) in [7, 11) is 0. The molecule has 2 rings (SSSR count). The molecule has 2 amide bonds. The third kappa shape index (κ3) is 3.44. The van der Waals surface area contributed by atoms with E-state index in [1.807, 2.05) is 26.0 Å². The van der Waals surface area contributed by atoms with Crippen LogP contribution in [0.15, 0.2) is 22.7 Å². The molecule has 1 aliphatic heterocycles. The van der Waals surface area contributed by atoms with Crippen LogP contribution >= 0.6 is 15.9 Å². The van der Waals surface area contributed by atoms with Crippen molar-refractivity contribution in [3.8, 4) is 0 Å². The molecule has 0 spiro atoms. The number of rotatable bonds is 3. The van der Waals surface area contributed by atoms with Crippen molar-refractivity contribution in [3.63, 3.8) is 0 Å². The summed E-state index contributed by atoms with van der Waals surface area (Å²) in [5.74, 6) is -0.217.